The van der Waals surface area contributed by atoms with Crippen LogP contribution in [0.4, 0.5) is 5.69 Å². The van der Waals surface area contributed by atoms with Gasteiger partial charge in [-0.15, -0.1) is 0 Å². The van der Waals surface area contributed by atoms with E-state index in [9.17, 15) is 13.5 Å². The molecule has 0 aliphatic heterocycles. The number of nitrogens with zero attached hydrogens (tertiary/aromatic N) is 1. The number of rotatable bonds is 9. The second-order valence-electron chi connectivity index (χ2n) is 4.45. The predicted molar refractivity (Wildman–Crippen MR) is 82.1 cm³/mol. The average Bonchev–Trinajstić information content (AvgIpc) is 2.44. The van der Waals surface area contributed by atoms with E-state index < -0.39 is 22.0 Å². The molecular weight excluding hydrogens is 337 g/mol. The van der Waals surface area contributed by atoms with Gasteiger partial charge < -0.3 is 16.0 Å². The van der Waals surface area contributed by atoms with E-state index in [2.05, 4.69) is 0 Å². The van der Waals surface area contributed by atoms with Gasteiger partial charge in [-0.2, -0.15) is 8.42 Å². The Hall–Kier alpha value is -0.550. The van der Waals surface area contributed by atoms with Crippen molar-refractivity contribution in [3.05, 3.63) is 18.2 Å². The monoisotopic (exact) mass is 359 g/mol. The van der Waals surface area contributed by atoms with Crippen LogP contribution in [0.3, 0.4) is 0 Å². The van der Waals surface area contributed by atoms with E-state index in [1.54, 1.807) is 25.1 Å². The summed E-state index contributed by atoms with van der Waals surface area (Å²) in [5.41, 5.74) is 0.521. The molecular formula is C13H22NNaO7S. The molecule has 23 heavy (non-hydrogen) atoms. The average molecular weight is 359 g/mol. The second kappa shape index (κ2) is 10.3. The normalized spacial score (nSPS) is 12.2. The Balaban J connectivity index is 0. The Morgan fingerprint density at radius 1 is 1.22 bits per heavy atom. The van der Waals surface area contributed by atoms with Gasteiger partial charge in [-0.25, -0.2) is 0 Å². The maximum atomic E-state index is 10.8. The summed E-state index contributed by atoms with van der Waals surface area (Å²) in [7, 11) is -1.28. The summed E-state index contributed by atoms with van der Waals surface area (Å²) < 4.78 is 40.7. The van der Waals surface area contributed by atoms with Crippen molar-refractivity contribution < 1.29 is 63.4 Å². The van der Waals surface area contributed by atoms with Crippen LogP contribution in [0.15, 0.2) is 18.2 Å². The summed E-state index contributed by atoms with van der Waals surface area (Å²) in [6.07, 6.45) is -1.32. The number of aliphatic hydroxyl groups excluding tert-OH is 1. The molecule has 10 heteroatoms. The van der Waals surface area contributed by atoms with Gasteiger partial charge in [-0.3, -0.25) is 14.5 Å². The van der Waals surface area contributed by atoms with Crippen molar-refractivity contribution in [1.29, 1.82) is 0 Å². The van der Waals surface area contributed by atoms with Crippen LogP contribution < -0.4 is 44.1 Å². The molecule has 2 N–H and O–H groups in total. The fraction of sp³-hybridized carbons (Fsp3) is 0.538. The molecule has 0 aliphatic carbocycles. The van der Waals surface area contributed by atoms with E-state index in [0.717, 1.165) is 0 Å². The Kier molecular flexibility index (Phi) is 10.1. The zero-order valence-corrected chi connectivity index (χ0v) is 16.5. The van der Waals surface area contributed by atoms with Crippen LogP contribution in [0.1, 0.15) is 8.35 Å². The smallest absolute Gasteiger partial charge is 1.00 e. The third-order valence-electron chi connectivity index (χ3n) is 2.69. The third-order valence-corrected chi connectivity index (χ3v) is 3.49. The van der Waals surface area contributed by atoms with Crippen molar-refractivity contribution in [2.75, 3.05) is 38.2 Å². The molecule has 0 aromatic heterocycles. The summed E-state index contributed by atoms with van der Waals surface area (Å²) in [5.74, 6) is 0.254. The van der Waals surface area contributed by atoms with Gasteiger partial charge in [0.1, 0.15) is 17.3 Å². The van der Waals surface area contributed by atoms with Crippen molar-refractivity contribution in [2.45, 2.75) is 13.0 Å². The first-order chi connectivity index (χ1) is 10.3. The van der Waals surface area contributed by atoms with E-state index in [4.69, 9.17) is 18.9 Å². The molecule has 1 aromatic carbocycles. The van der Waals surface area contributed by atoms with Crippen molar-refractivity contribution in [1.82, 2.24) is 0 Å². The summed E-state index contributed by atoms with van der Waals surface area (Å²) in [6, 6.07) is 4.97. The number of benzene rings is 1. The molecule has 0 heterocycles. The molecule has 1 rings (SSSR count). The Morgan fingerprint density at radius 3 is 2.13 bits per heavy atom. The number of methoxy groups -OCH3 is 2. The molecule has 1 aromatic rings. The fourth-order valence-corrected chi connectivity index (χ4v) is 2.40. The van der Waals surface area contributed by atoms with Crippen LogP contribution in [0.25, 0.3) is 0 Å². The third kappa shape index (κ3) is 8.20. The van der Waals surface area contributed by atoms with E-state index in [1.165, 1.54) is 19.3 Å². The van der Waals surface area contributed by atoms with Crippen molar-refractivity contribution >= 4 is 15.8 Å². The topological polar surface area (TPSA) is 106 Å². The second-order valence-corrected chi connectivity index (χ2v) is 5.95. The molecule has 8 nitrogen and oxygen atoms in total. The van der Waals surface area contributed by atoms with Crippen LogP contribution in [0, 0.1) is 0 Å². The molecule has 1 unspecified atom stereocenters. The summed E-state index contributed by atoms with van der Waals surface area (Å²) in [5, 5.41) is 11.1. The molecule has 0 radical (unpaired) electrons. The van der Waals surface area contributed by atoms with E-state index in [0.29, 0.717) is 23.8 Å². The Bertz CT molecular complexity index is 565. The minimum atomic E-state index is -4.27. The predicted octanol–water partition coefficient (Wildman–Crippen LogP) is -2.17. The van der Waals surface area contributed by atoms with Gasteiger partial charge in [0.25, 0.3) is 10.1 Å². The van der Waals surface area contributed by atoms with E-state index in [-0.39, 0.29) is 37.5 Å². The Labute approximate surface area is 159 Å². The molecule has 1 atom stereocenters. The number of ether oxygens (including phenoxy) is 2. The molecule has 0 amide bonds. The van der Waals surface area contributed by atoms with Gasteiger partial charge in [0.2, 0.25) is 0 Å². The molecule has 0 aliphatic rings. The molecule has 0 saturated heterocycles. The number of aliphatic hydroxyl groups is 1. The largest absolute Gasteiger partial charge is 1.00 e. The number of hydrogen-bond acceptors (Lipinski definition) is 7. The SMILES string of the molecule is CCON(CC(O)CS(=O)(=O)O)c1cc(OC)cc(OC)c1.[H-].[Na+]. The van der Waals surface area contributed by atoms with Crippen molar-refractivity contribution in [2.24, 2.45) is 0 Å². The molecule has 0 spiro atoms. The molecule has 0 bridgehead atoms. The molecule has 0 fully saturated rings. The van der Waals surface area contributed by atoms with Crippen LogP contribution in [-0.4, -0.2) is 57.3 Å². The summed E-state index contributed by atoms with van der Waals surface area (Å²) in [6.45, 7) is 1.90. The summed E-state index contributed by atoms with van der Waals surface area (Å²) >= 11 is 0. The maximum Gasteiger partial charge on any atom is 1.00 e. The zero-order chi connectivity index (χ0) is 16.8. The van der Waals surface area contributed by atoms with E-state index in [1.807, 2.05) is 0 Å². The fourth-order valence-electron chi connectivity index (χ4n) is 1.81. The van der Waals surface area contributed by atoms with Gasteiger partial charge in [0.05, 0.1) is 39.2 Å². The quantitative estimate of drug-likeness (QED) is 0.291. The van der Waals surface area contributed by atoms with Crippen LogP contribution in [0.5, 0.6) is 11.5 Å². The standard InChI is InChI=1S/C13H21NO7S.Na.H/c1-4-21-14(8-11(15)9-22(16,17)18)10-5-12(19-2)7-13(6-10)20-3;;/h5-7,11,15H,4,8-9H2,1-3H3,(H,16,17,18);;/q;+1;-1. The maximum absolute atomic E-state index is 10.8. The van der Waals surface area contributed by atoms with Crippen LogP contribution in [0.2, 0.25) is 0 Å². The van der Waals surface area contributed by atoms with Gasteiger partial charge in [0.15, 0.2) is 0 Å². The molecule has 128 valence electrons. The van der Waals surface area contributed by atoms with Gasteiger partial charge >= 0.3 is 29.6 Å². The first-order valence-corrected chi connectivity index (χ1v) is 8.16. The van der Waals surface area contributed by atoms with Crippen molar-refractivity contribution in [3.63, 3.8) is 0 Å². The number of hydroxylamine groups is 1. The summed E-state index contributed by atoms with van der Waals surface area (Å²) in [4.78, 5) is 5.40. The van der Waals surface area contributed by atoms with Gasteiger partial charge in [-0.05, 0) is 6.92 Å². The van der Waals surface area contributed by atoms with Gasteiger partial charge in [-0.1, -0.05) is 0 Å². The van der Waals surface area contributed by atoms with Crippen LogP contribution >= 0.6 is 0 Å². The Morgan fingerprint density at radius 2 is 1.74 bits per heavy atom. The molecule has 0 saturated carbocycles. The zero-order valence-electron chi connectivity index (χ0n) is 14.7. The number of anilines is 1. The van der Waals surface area contributed by atoms with E-state index >= 15 is 0 Å². The first kappa shape index (κ1) is 22.4. The minimum Gasteiger partial charge on any atom is -1.00 e. The van der Waals surface area contributed by atoms with Crippen LogP contribution in [-0.2, 0) is 15.0 Å². The van der Waals surface area contributed by atoms with Gasteiger partial charge in [0, 0.05) is 18.2 Å². The first-order valence-electron chi connectivity index (χ1n) is 6.55. The minimum absolute atomic E-state index is 0. The van der Waals surface area contributed by atoms with Crippen molar-refractivity contribution in [3.8, 4) is 11.5 Å². The number of hydrogen-bond donors (Lipinski definition) is 2.